The van der Waals surface area contributed by atoms with Crippen LogP contribution in [0.15, 0.2) is 12.7 Å². The van der Waals surface area contributed by atoms with Crippen LogP contribution in [0.3, 0.4) is 0 Å². The average Bonchev–Trinajstić information content (AvgIpc) is 2.47. The summed E-state index contributed by atoms with van der Waals surface area (Å²) in [6.45, 7) is 4.24. The van der Waals surface area contributed by atoms with Gasteiger partial charge in [0.05, 0.1) is 23.6 Å². The van der Waals surface area contributed by atoms with Crippen LogP contribution in [0.25, 0.3) is 0 Å². The molecule has 1 N–H and O–H groups in total. The molecular weight excluding hydrogens is 220 g/mol. The van der Waals surface area contributed by atoms with E-state index in [0.29, 0.717) is 11.7 Å². The highest BCUT2D eigenvalue weighted by Crippen LogP contribution is 2.23. The molecule has 0 aromatic heterocycles. The summed E-state index contributed by atoms with van der Waals surface area (Å²) in [5.74, 6) is 0.407. The van der Waals surface area contributed by atoms with Crippen molar-refractivity contribution in [1.82, 2.24) is 10.2 Å². The highest BCUT2D eigenvalue weighted by atomic mass is 32.2. The molecule has 0 unspecified atom stereocenters. The maximum Gasteiger partial charge on any atom is 0.169 e. The highest BCUT2D eigenvalue weighted by molar-refractivity contribution is 7.91. The van der Waals surface area contributed by atoms with Gasteiger partial charge in [0.2, 0.25) is 0 Å². The third kappa shape index (κ3) is 1.52. The second-order valence-corrected chi connectivity index (χ2v) is 6.18. The first-order chi connectivity index (χ1) is 6.53. The summed E-state index contributed by atoms with van der Waals surface area (Å²) < 4.78 is 22.7. The zero-order valence-electron chi connectivity index (χ0n) is 7.64. The first-order valence-electron chi connectivity index (χ1n) is 4.42. The quantitative estimate of drug-likeness (QED) is 0.515. The van der Waals surface area contributed by atoms with Crippen LogP contribution in [0.4, 0.5) is 0 Å². The first kappa shape index (κ1) is 9.92. The predicted molar refractivity (Wildman–Crippen MR) is 58.9 cm³/mol. The summed E-state index contributed by atoms with van der Waals surface area (Å²) in [6, 6.07) is -0.0158. The number of thiocarbonyl (C=S) groups is 1. The molecule has 2 saturated heterocycles. The molecule has 2 fully saturated rings. The molecule has 2 aliphatic heterocycles. The minimum Gasteiger partial charge on any atom is -0.357 e. The second-order valence-electron chi connectivity index (χ2n) is 3.64. The van der Waals surface area contributed by atoms with Gasteiger partial charge in [-0.25, -0.2) is 8.42 Å². The molecule has 78 valence electrons. The number of fused-ring (bicyclic) bond motifs is 1. The molecule has 0 aromatic rings. The number of nitrogens with zero attached hydrogens (tertiary/aromatic N) is 1. The largest absolute Gasteiger partial charge is 0.357 e. The van der Waals surface area contributed by atoms with Gasteiger partial charge < -0.3 is 10.2 Å². The first-order valence-corrected chi connectivity index (χ1v) is 6.65. The Labute approximate surface area is 88.9 Å². The minimum atomic E-state index is -2.88. The van der Waals surface area contributed by atoms with Gasteiger partial charge in [-0.3, -0.25) is 0 Å². The van der Waals surface area contributed by atoms with Crippen molar-refractivity contribution in [2.45, 2.75) is 12.1 Å². The molecule has 0 spiro atoms. The van der Waals surface area contributed by atoms with E-state index in [1.54, 1.807) is 6.08 Å². The maximum absolute atomic E-state index is 11.4. The summed E-state index contributed by atoms with van der Waals surface area (Å²) in [5.41, 5.74) is 0. The highest BCUT2D eigenvalue weighted by Gasteiger charge is 2.46. The Balaban J connectivity index is 2.21. The molecule has 2 rings (SSSR count). The topological polar surface area (TPSA) is 49.4 Å². The van der Waals surface area contributed by atoms with E-state index in [1.807, 2.05) is 4.90 Å². The third-order valence-electron chi connectivity index (χ3n) is 2.62. The zero-order valence-corrected chi connectivity index (χ0v) is 9.27. The summed E-state index contributed by atoms with van der Waals surface area (Å²) in [5, 5.41) is 3.68. The molecule has 2 atom stereocenters. The molecule has 6 heteroatoms. The summed E-state index contributed by atoms with van der Waals surface area (Å²) >= 11 is 5.11. The average molecular weight is 232 g/mol. The Bertz CT molecular complexity index is 377. The van der Waals surface area contributed by atoms with Gasteiger partial charge in [0.1, 0.15) is 0 Å². The van der Waals surface area contributed by atoms with Crippen molar-refractivity contribution in [3.63, 3.8) is 0 Å². The van der Waals surface area contributed by atoms with Gasteiger partial charge in [0.25, 0.3) is 0 Å². The molecule has 0 aromatic carbocycles. The Hall–Kier alpha value is -0.620. The molecule has 0 radical (unpaired) electrons. The lowest BCUT2D eigenvalue weighted by molar-refractivity contribution is 0.386. The van der Waals surface area contributed by atoms with Crippen molar-refractivity contribution in [2.75, 3.05) is 18.1 Å². The molecule has 14 heavy (non-hydrogen) atoms. The normalized spacial score (nSPS) is 34.0. The van der Waals surface area contributed by atoms with Gasteiger partial charge in [-0.05, 0) is 12.2 Å². The van der Waals surface area contributed by atoms with Crippen molar-refractivity contribution in [3.8, 4) is 0 Å². The van der Waals surface area contributed by atoms with E-state index in [0.717, 1.165) is 0 Å². The van der Waals surface area contributed by atoms with E-state index in [9.17, 15) is 8.42 Å². The number of nitrogens with one attached hydrogen (secondary N) is 1. The van der Waals surface area contributed by atoms with Gasteiger partial charge in [-0.15, -0.1) is 6.58 Å². The van der Waals surface area contributed by atoms with Crippen LogP contribution in [-0.2, 0) is 9.84 Å². The predicted octanol–water partition coefficient (Wildman–Crippen LogP) is -0.472. The van der Waals surface area contributed by atoms with Crippen LogP contribution in [0.2, 0.25) is 0 Å². The van der Waals surface area contributed by atoms with Crippen LogP contribution in [0.1, 0.15) is 0 Å². The minimum absolute atomic E-state index is 0.00509. The molecule has 2 heterocycles. The fraction of sp³-hybridized carbons (Fsp3) is 0.625. The van der Waals surface area contributed by atoms with E-state index < -0.39 is 9.84 Å². The summed E-state index contributed by atoms with van der Waals surface area (Å²) in [7, 11) is -2.88. The maximum atomic E-state index is 11.4. The monoisotopic (exact) mass is 232 g/mol. The lowest BCUT2D eigenvalue weighted by atomic mass is 10.2. The van der Waals surface area contributed by atoms with Gasteiger partial charge in [0, 0.05) is 6.54 Å². The second kappa shape index (κ2) is 3.20. The summed E-state index contributed by atoms with van der Waals surface area (Å²) in [4.78, 5) is 1.90. The number of hydrogen-bond acceptors (Lipinski definition) is 3. The van der Waals surface area contributed by atoms with Gasteiger partial charge in [-0.1, -0.05) is 6.08 Å². The molecule has 2 aliphatic rings. The van der Waals surface area contributed by atoms with E-state index in [-0.39, 0.29) is 23.6 Å². The summed E-state index contributed by atoms with van der Waals surface area (Å²) in [6.07, 6.45) is 1.74. The lowest BCUT2D eigenvalue weighted by Crippen LogP contribution is -2.36. The zero-order chi connectivity index (χ0) is 10.3. The van der Waals surface area contributed by atoms with Crippen molar-refractivity contribution >= 4 is 27.2 Å². The Morgan fingerprint density at radius 3 is 3.00 bits per heavy atom. The number of sulfone groups is 1. The van der Waals surface area contributed by atoms with Crippen LogP contribution >= 0.6 is 12.2 Å². The van der Waals surface area contributed by atoms with Crippen LogP contribution in [-0.4, -0.2) is 48.6 Å². The van der Waals surface area contributed by atoms with Crippen LogP contribution in [0, 0.1) is 0 Å². The Morgan fingerprint density at radius 2 is 2.36 bits per heavy atom. The van der Waals surface area contributed by atoms with Gasteiger partial charge >= 0.3 is 0 Å². The molecule has 4 nitrogen and oxygen atoms in total. The van der Waals surface area contributed by atoms with E-state index in [2.05, 4.69) is 11.9 Å². The number of hydrogen-bond donors (Lipinski definition) is 1. The van der Waals surface area contributed by atoms with Crippen molar-refractivity contribution < 1.29 is 8.42 Å². The van der Waals surface area contributed by atoms with Crippen molar-refractivity contribution in [2.24, 2.45) is 0 Å². The van der Waals surface area contributed by atoms with Gasteiger partial charge in [-0.2, -0.15) is 0 Å². The molecule has 0 saturated carbocycles. The van der Waals surface area contributed by atoms with Crippen LogP contribution in [0.5, 0.6) is 0 Å². The standard InChI is InChI=1S/C8H12N2O2S2/c1-2-3-10-7-5-14(11,12)4-6(7)9-8(10)13/h2,6-7H,1,3-5H2,(H,9,13)/t6-,7-/m0/s1. The van der Waals surface area contributed by atoms with E-state index in [4.69, 9.17) is 12.2 Å². The van der Waals surface area contributed by atoms with E-state index in [1.165, 1.54) is 0 Å². The number of rotatable bonds is 2. The van der Waals surface area contributed by atoms with Gasteiger partial charge in [0.15, 0.2) is 14.9 Å². The Morgan fingerprint density at radius 1 is 1.64 bits per heavy atom. The fourth-order valence-corrected chi connectivity index (χ4v) is 4.31. The van der Waals surface area contributed by atoms with Crippen molar-refractivity contribution in [3.05, 3.63) is 12.7 Å². The lowest BCUT2D eigenvalue weighted by Gasteiger charge is -2.20. The van der Waals surface area contributed by atoms with E-state index >= 15 is 0 Å². The van der Waals surface area contributed by atoms with Crippen LogP contribution < -0.4 is 5.32 Å². The molecule has 0 bridgehead atoms. The Kier molecular flexibility index (Phi) is 2.27. The molecular formula is C8H12N2O2S2. The molecule has 0 amide bonds. The third-order valence-corrected chi connectivity index (χ3v) is 4.69. The molecule has 0 aliphatic carbocycles. The van der Waals surface area contributed by atoms with Crippen molar-refractivity contribution in [1.29, 1.82) is 0 Å². The SMILES string of the molecule is C=CCN1C(=S)N[C@H]2CS(=O)(=O)C[C@@H]21. The smallest absolute Gasteiger partial charge is 0.169 e. The fourth-order valence-electron chi connectivity index (χ4n) is 2.02.